The molecule has 0 saturated carbocycles. The molecule has 1 unspecified atom stereocenters. The summed E-state index contributed by atoms with van der Waals surface area (Å²) in [6.45, 7) is 7.90. The fourth-order valence-electron chi connectivity index (χ4n) is 1.57. The number of rotatable bonds is 4. The summed E-state index contributed by atoms with van der Waals surface area (Å²) in [6.07, 6.45) is 4.02. The minimum absolute atomic E-state index is 0.155. The first-order valence-electron chi connectivity index (χ1n) is 5.05. The van der Waals surface area contributed by atoms with Gasteiger partial charge in [0.25, 0.3) is 0 Å². The van der Waals surface area contributed by atoms with E-state index in [2.05, 4.69) is 13.5 Å². The Balaban J connectivity index is 2.80. The first-order valence-corrected chi connectivity index (χ1v) is 5.05. The second-order valence-corrected chi connectivity index (χ2v) is 3.68. The molecule has 0 amide bonds. The average Bonchev–Trinajstić information content (AvgIpc) is 2.17. The van der Waals surface area contributed by atoms with Crippen LogP contribution in [0.4, 0.5) is 4.39 Å². The molecule has 0 saturated heterocycles. The summed E-state index contributed by atoms with van der Waals surface area (Å²) in [6, 6.07) is 4.99. The average molecular weight is 192 g/mol. The van der Waals surface area contributed by atoms with E-state index in [9.17, 15) is 4.39 Å². The molecule has 1 heteroatoms. The van der Waals surface area contributed by atoms with Crippen LogP contribution in [0.25, 0.3) is 0 Å². The van der Waals surface area contributed by atoms with Crippen molar-refractivity contribution in [3.63, 3.8) is 0 Å². The normalized spacial score (nSPS) is 12.5. The first kappa shape index (κ1) is 11.0. The molecule has 1 aromatic carbocycles. The molecule has 0 aliphatic heterocycles. The van der Waals surface area contributed by atoms with Gasteiger partial charge in [0.2, 0.25) is 0 Å². The molecule has 76 valence electrons. The van der Waals surface area contributed by atoms with E-state index in [0.717, 1.165) is 18.4 Å². The van der Waals surface area contributed by atoms with E-state index in [4.69, 9.17) is 0 Å². The Morgan fingerprint density at radius 3 is 2.71 bits per heavy atom. The van der Waals surface area contributed by atoms with Crippen LogP contribution in [0, 0.1) is 18.7 Å². The lowest BCUT2D eigenvalue weighted by molar-refractivity contribution is 0.611. The highest BCUT2D eigenvalue weighted by atomic mass is 19.1. The van der Waals surface area contributed by atoms with Crippen LogP contribution in [0.15, 0.2) is 30.9 Å². The molecule has 1 rings (SSSR count). The SMILES string of the molecule is C=CC(CC)Cc1ccc(F)cc1C. The van der Waals surface area contributed by atoms with Crippen molar-refractivity contribution in [3.05, 3.63) is 47.8 Å². The Hall–Kier alpha value is -1.11. The van der Waals surface area contributed by atoms with Gasteiger partial charge in [0.05, 0.1) is 0 Å². The molecular formula is C13H17F. The molecule has 0 aromatic heterocycles. The highest BCUT2D eigenvalue weighted by Gasteiger charge is 2.05. The Morgan fingerprint density at radius 2 is 2.21 bits per heavy atom. The lowest BCUT2D eigenvalue weighted by Gasteiger charge is -2.11. The Kier molecular flexibility index (Phi) is 3.87. The maximum Gasteiger partial charge on any atom is 0.123 e. The van der Waals surface area contributed by atoms with Gasteiger partial charge in [0.15, 0.2) is 0 Å². The number of aryl methyl sites for hydroxylation is 1. The van der Waals surface area contributed by atoms with Gasteiger partial charge in [0, 0.05) is 0 Å². The third kappa shape index (κ3) is 2.69. The molecule has 14 heavy (non-hydrogen) atoms. The van der Waals surface area contributed by atoms with Crippen molar-refractivity contribution < 1.29 is 4.39 Å². The minimum atomic E-state index is -0.155. The summed E-state index contributed by atoms with van der Waals surface area (Å²) >= 11 is 0. The third-order valence-electron chi connectivity index (χ3n) is 2.64. The molecule has 1 aromatic rings. The van der Waals surface area contributed by atoms with E-state index >= 15 is 0 Å². The van der Waals surface area contributed by atoms with Crippen LogP contribution in [0.3, 0.4) is 0 Å². The van der Waals surface area contributed by atoms with E-state index in [1.807, 2.05) is 19.1 Å². The summed E-state index contributed by atoms with van der Waals surface area (Å²) in [7, 11) is 0. The summed E-state index contributed by atoms with van der Waals surface area (Å²) in [5.74, 6) is 0.345. The maximum absolute atomic E-state index is 12.8. The van der Waals surface area contributed by atoms with Gasteiger partial charge in [0.1, 0.15) is 5.82 Å². The maximum atomic E-state index is 12.8. The molecule has 0 nitrogen and oxygen atoms in total. The van der Waals surface area contributed by atoms with E-state index in [0.29, 0.717) is 5.92 Å². The lowest BCUT2D eigenvalue weighted by atomic mass is 9.94. The van der Waals surface area contributed by atoms with Gasteiger partial charge >= 0.3 is 0 Å². The highest BCUT2D eigenvalue weighted by Crippen LogP contribution is 2.17. The fraction of sp³-hybridized carbons (Fsp3) is 0.385. The first-order chi connectivity index (χ1) is 6.67. The number of benzene rings is 1. The number of allylic oxidation sites excluding steroid dienone is 1. The highest BCUT2D eigenvalue weighted by molar-refractivity contribution is 5.27. The quantitative estimate of drug-likeness (QED) is 0.635. The van der Waals surface area contributed by atoms with Gasteiger partial charge in [-0.15, -0.1) is 6.58 Å². The molecule has 0 radical (unpaired) electrons. The zero-order chi connectivity index (χ0) is 10.6. The smallest absolute Gasteiger partial charge is 0.123 e. The summed E-state index contributed by atoms with van der Waals surface area (Å²) < 4.78 is 12.8. The number of hydrogen-bond donors (Lipinski definition) is 0. The topological polar surface area (TPSA) is 0 Å². The molecule has 0 bridgehead atoms. The van der Waals surface area contributed by atoms with Crippen molar-refractivity contribution in [1.82, 2.24) is 0 Å². The Labute approximate surface area is 85.5 Å². The molecule has 0 aliphatic rings. The van der Waals surface area contributed by atoms with Gasteiger partial charge < -0.3 is 0 Å². The van der Waals surface area contributed by atoms with Crippen molar-refractivity contribution >= 4 is 0 Å². The van der Waals surface area contributed by atoms with Crippen molar-refractivity contribution in [3.8, 4) is 0 Å². The van der Waals surface area contributed by atoms with Crippen molar-refractivity contribution in [2.75, 3.05) is 0 Å². The second kappa shape index (κ2) is 4.94. The fourth-order valence-corrected chi connectivity index (χ4v) is 1.57. The van der Waals surface area contributed by atoms with Crippen molar-refractivity contribution in [2.24, 2.45) is 5.92 Å². The van der Waals surface area contributed by atoms with E-state index < -0.39 is 0 Å². The van der Waals surface area contributed by atoms with Crippen molar-refractivity contribution in [1.29, 1.82) is 0 Å². The van der Waals surface area contributed by atoms with Crippen LogP contribution in [0.2, 0.25) is 0 Å². The van der Waals surface area contributed by atoms with Crippen molar-refractivity contribution in [2.45, 2.75) is 26.7 Å². The van der Waals surface area contributed by atoms with Gasteiger partial charge in [-0.3, -0.25) is 0 Å². The van der Waals surface area contributed by atoms with Crippen LogP contribution in [-0.4, -0.2) is 0 Å². The Morgan fingerprint density at radius 1 is 1.50 bits per heavy atom. The minimum Gasteiger partial charge on any atom is -0.207 e. The predicted octanol–water partition coefficient (Wildman–Crippen LogP) is 3.89. The van der Waals surface area contributed by atoms with Gasteiger partial charge in [-0.2, -0.15) is 0 Å². The molecule has 0 fully saturated rings. The number of hydrogen-bond acceptors (Lipinski definition) is 0. The molecule has 0 spiro atoms. The molecular weight excluding hydrogens is 175 g/mol. The number of halogens is 1. The summed E-state index contributed by atoms with van der Waals surface area (Å²) in [5.41, 5.74) is 2.25. The molecule has 0 N–H and O–H groups in total. The van der Waals surface area contributed by atoms with E-state index in [-0.39, 0.29) is 5.82 Å². The summed E-state index contributed by atoms with van der Waals surface area (Å²) in [4.78, 5) is 0. The largest absolute Gasteiger partial charge is 0.207 e. The Bertz CT molecular complexity index is 315. The second-order valence-electron chi connectivity index (χ2n) is 3.68. The van der Waals surface area contributed by atoms with Crippen LogP contribution in [-0.2, 0) is 6.42 Å². The summed E-state index contributed by atoms with van der Waals surface area (Å²) in [5, 5.41) is 0. The van der Waals surface area contributed by atoms with Gasteiger partial charge in [-0.1, -0.05) is 19.1 Å². The zero-order valence-electron chi connectivity index (χ0n) is 8.89. The predicted molar refractivity (Wildman–Crippen MR) is 58.8 cm³/mol. The third-order valence-corrected chi connectivity index (χ3v) is 2.64. The van der Waals surface area contributed by atoms with E-state index in [1.54, 1.807) is 6.07 Å². The van der Waals surface area contributed by atoms with Gasteiger partial charge in [-0.25, -0.2) is 4.39 Å². The van der Waals surface area contributed by atoms with Gasteiger partial charge in [-0.05, 0) is 48.9 Å². The molecule has 1 atom stereocenters. The monoisotopic (exact) mass is 192 g/mol. The van der Waals surface area contributed by atoms with Crippen LogP contribution < -0.4 is 0 Å². The van der Waals surface area contributed by atoms with E-state index in [1.165, 1.54) is 11.6 Å². The lowest BCUT2D eigenvalue weighted by Crippen LogP contribution is -2.01. The molecule has 0 aliphatic carbocycles. The van der Waals surface area contributed by atoms with Crippen LogP contribution in [0.1, 0.15) is 24.5 Å². The molecule has 0 heterocycles. The zero-order valence-corrected chi connectivity index (χ0v) is 8.89. The van der Waals surface area contributed by atoms with Crippen LogP contribution in [0.5, 0.6) is 0 Å². The van der Waals surface area contributed by atoms with Crippen LogP contribution >= 0.6 is 0 Å². The standard InChI is InChI=1S/C13H17F/c1-4-11(5-2)9-12-6-7-13(14)8-10(12)3/h4,6-8,11H,1,5,9H2,2-3H3.